The number of amides is 1. The molecule has 1 aromatic carbocycles. The summed E-state index contributed by atoms with van der Waals surface area (Å²) in [4.78, 5) is 11.3. The van der Waals surface area contributed by atoms with Crippen LogP contribution in [-0.2, 0) is 11.2 Å². The van der Waals surface area contributed by atoms with Crippen molar-refractivity contribution < 1.29 is 9.53 Å². The topological polar surface area (TPSA) is 64.3 Å². The minimum absolute atomic E-state index is 0.0580. The SMILES string of the molecule is COC(=O)N[C@@H](Cc1ccccc1)C1(N)CC1. The van der Waals surface area contributed by atoms with Gasteiger partial charge in [0.2, 0.25) is 0 Å². The van der Waals surface area contributed by atoms with Crippen molar-refractivity contribution in [2.24, 2.45) is 5.73 Å². The first-order valence-corrected chi connectivity index (χ1v) is 5.81. The molecule has 1 amide bonds. The van der Waals surface area contributed by atoms with Crippen LogP contribution in [0.25, 0.3) is 0 Å². The first kappa shape index (κ1) is 11.9. The lowest BCUT2D eigenvalue weighted by atomic mass is 9.98. The van der Waals surface area contributed by atoms with Gasteiger partial charge < -0.3 is 15.8 Å². The fourth-order valence-electron chi connectivity index (χ4n) is 1.94. The van der Waals surface area contributed by atoms with Gasteiger partial charge in [0.15, 0.2) is 0 Å². The van der Waals surface area contributed by atoms with Gasteiger partial charge in [-0.1, -0.05) is 30.3 Å². The Morgan fingerprint density at radius 2 is 2.12 bits per heavy atom. The minimum Gasteiger partial charge on any atom is -0.453 e. The van der Waals surface area contributed by atoms with Crippen LogP contribution in [0.5, 0.6) is 0 Å². The lowest BCUT2D eigenvalue weighted by Gasteiger charge is -2.24. The molecule has 0 aliphatic heterocycles. The Bertz CT molecular complexity index is 388. The van der Waals surface area contributed by atoms with Crippen LogP contribution in [-0.4, -0.2) is 24.8 Å². The van der Waals surface area contributed by atoms with Crippen LogP contribution in [0.4, 0.5) is 4.79 Å². The Hall–Kier alpha value is -1.55. The van der Waals surface area contributed by atoms with Crippen LogP contribution in [0.2, 0.25) is 0 Å². The molecular formula is C13H18N2O2. The number of hydrogen-bond acceptors (Lipinski definition) is 3. The molecule has 3 N–H and O–H groups in total. The molecule has 1 fully saturated rings. The fraction of sp³-hybridized carbons (Fsp3) is 0.462. The first-order valence-electron chi connectivity index (χ1n) is 5.81. The minimum atomic E-state index is -0.414. The number of carbonyl (C=O) groups excluding carboxylic acids is 1. The highest BCUT2D eigenvalue weighted by molar-refractivity contribution is 5.67. The number of alkyl carbamates (subject to hydrolysis) is 1. The molecule has 1 saturated carbocycles. The second-order valence-corrected chi connectivity index (χ2v) is 4.61. The zero-order valence-electron chi connectivity index (χ0n) is 9.98. The van der Waals surface area contributed by atoms with Crippen molar-refractivity contribution in [3.8, 4) is 0 Å². The fourth-order valence-corrected chi connectivity index (χ4v) is 1.94. The zero-order valence-corrected chi connectivity index (χ0v) is 9.98. The molecule has 4 heteroatoms. The van der Waals surface area contributed by atoms with Crippen molar-refractivity contribution in [2.45, 2.75) is 30.8 Å². The molecular weight excluding hydrogens is 216 g/mol. The van der Waals surface area contributed by atoms with E-state index in [0.29, 0.717) is 0 Å². The van der Waals surface area contributed by atoms with E-state index in [4.69, 9.17) is 5.73 Å². The van der Waals surface area contributed by atoms with E-state index in [1.165, 1.54) is 12.7 Å². The molecule has 0 bridgehead atoms. The van der Waals surface area contributed by atoms with Crippen molar-refractivity contribution in [1.29, 1.82) is 0 Å². The molecule has 92 valence electrons. The first-order chi connectivity index (χ1) is 8.14. The largest absolute Gasteiger partial charge is 0.453 e. The van der Waals surface area contributed by atoms with Crippen LogP contribution in [0.15, 0.2) is 30.3 Å². The molecule has 0 radical (unpaired) electrons. The second-order valence-electron chi connectivity index (χ2n) is 4.61. The molecule has 0 heterocycles. The molecule has 1 aromatic rings. The predicted molar refractivity (Wildman–Crippen MR) is 65.6 cm³/mol. The monoisotopic (exact) mass is 234 g/mol. The number of ether oxygens (including phenoxy) is 1. The van der Waals surface area contributed by atoms with Crippen LogP contribution < -0.4 is 11.1 Å². The van der Waals surface area contributed by atoms with Crippen LogP contribution in [0.1, 0.15) is 18.4 Å². The van der Waals surface area contributed by atoms with Crippen molar-refractivity contribution >= 4 is 6.09 Å². The van der Waals surface area contributed by atoms with E-state index < -0.39 is 6.09 Å². The Morgan fingerprint density at radius 1 is 1.47 bits per heavy atom. The molecule has 0 saturated heterocycles. The highest BCUT2D eigenvalue weighted by atomic mass is 16.5. The van der Waals surface area contributed by atoms with E-state index in [0.717, 1.165) is 19.3 Å². The van der Waals surface area contributed by atoms with Gasteiger partial charge in [-0.2, -0.15) is 0 Å². The number of methoxy groups -OCH3 is 1. The van der Waals surface area contributed by atoms with Gasteiger partial charge >= 0.3 is 6.09 Å². The van der Waals surface area contributed by atoms with Crippen molar-refractivity contribution in [3.63, 3.8) is 0 Å². The van der Waals surface area contributed by atoms with E-state index in [2.05, 4.69) is 10.1 Å². The standard InChI is InChI=1S/C13H18N2O2/c1-17-12(16)15-11(13(14)7-8-13)9-10-5-3-2-4-6-10/h2-6,11H,7-9,14H2,1H3,(H,15,16)/t11-/m0/s1. The number of hydrogen-bond donors (Lipinski definition) is 2. The molecule has 17 heavy (non-hydrogen) atoms. The molecule has 0 spiro atoms. The summed E-state index contributed by atoms with van der Waals surface area (Å²) < 4.78 is 4.64. The van der Waals surface area contributed by atoms with E-state index in [9.17, 15) is 4.79 Å². The van der Waals surface area contributed by atoms with Gasteiger partial charge in [0.05, 0.1) is 13.2 Å². The second kappa shape index (κ2) is 4.75. The van der Waals surface area contributed by atoms with Gasteiger partial charge in [-0.25, -0.2) is 4.79 Å². The average Bonchev–Trinajstić information content (AvgIpc) is 3.09. The highest BCUT2D eigenvalue weighted by Gasteiger charge is 2.46. The third kappa shape index (κ3) is 2.97. The van der Waals surface area contributed by atoms with Gasteiger partial charge in [-0.05, 0) is 24.8 Å². The maximum atomic E-state index is 11.3. The Labute approximate surface area is 101 Å². The molecule has 1 atom stereocenters. The zero-order chi connectivity index (χ0) is 12.3. The number of nitrogens with one attached hydrogen (secondary N) is 1. The summed E-state index contributed by atoms with van der Waals surface area (Å²) in [6.07, 6.45) is 2.23. The average molecular weight is 234 g/mol. The normalized spacial score (nSPS) is 18.2. The van der Waals surface area contributed by atoms with Crippen molar-refractivity contribution in [2.75, 3.05) is 7.11 Å². The van der Waals surface area contributed by atoms with Gasteiger partial charge in [-0.15, -0.1) is 0 Å². The number of nitrogens with two attached hydrogens (primary N) is 1. The maximum absolute atomic E-state index is 11.3. The Balaban J connectivity index is 2.04. The van der Waals surface area contributed by atoms with Gasteiger partial charge in [0.1, 0.15) is 0 Å². The lowest BCUT2D eigenvalue weighted by Crippen LogP contribution is -2.50. The molecule has 1 aliphatic carbocycles. The Kier molecular flexibility index (Phi) is 3.33. The molecule has 4 nitrogen and oxygen atoms in total. The summed E-state index contributed by atoms with van der Waals surface area (Å²) in [5.74, 6) is 0. The third-order valence-corrected chi connectivity index (χ3v) is 3.28. The summed E-state index contributed by atoms with van der Waals surface area (Å²) in [6, 6.07) is 9.97. The van der Waals surface area contributed by atoms with Gasteiger partial charge in [0.25, 0.3) is 0 Å². The molecule has 1 aliphatic rings. The molecule has 0 aromatic heterocycles. The summed E-state index contributed by atoms with van der Waals surface area (Å²) in [6.45, 7) is 0. The third-order valence-electron chi connectivity index (χ3n) is 3.28. The summed E-state index contributed by atoms with van der Waals surface area (Å²) in [7, 11) is 1.37. The number of rotatable bonds is 4. The predicted octanol–water partition coefficient (Wildman–Crippen LogP) is 1.44. The smallest absolute Gasteiger partial charge is 0.407 e. The van der Waals surface area contributed by atoms with E-state index in [1.807, 2.05) is 30.3 Å². The van der Waals surface area contributed by atoms with Crippen molar-refractivity contribution in [3.05, 3.63) is 35.9 Å². The lowest BCUT2D eigenvalue weighted by molar-refractivity contribution is 0.163. The molecule has 0 unspecified atom stereocenters. The highest BCUT2D eigenvalue weighted by Crippen LogP contribution is 2.37. The van der Waals surface area contributed by atoms with Crippen LogP contribution in [0, 0.1) is 0 Å². The number of carbonyl (C=O) groups is 1. The van der Waals surface area contributed by atoms with Gasteiger partial charge in [-0.3, -0.25) is 0 Å². The summed E-state index contributed by atoms with van der Waals surface area (Å²) in [5.41, 5.74) is 7.08. The summed E-state index contributed by atoms with van der Waals surface area (Å²) >= 11 is 0. The van der Waals surface area contributed by atoms with E-state index in [-0.39, 0.29) is 11.6 Å². The molecule has 2 rings (SSSR count). The van der Waals surface area contributed by atoms with E-state index >= 15 is 0 Å². The van der Waals surface area contributed by atoms with Crippen molar-refractivity contribution in [1.82, 2.24) is 5.32 Å². The van der Waals surface area contributed by atoms with Crippen LogP contribution in [0.3, 0.4) is 0 Å². The maximum Gasteiger partial charge on any atom is 0.407 e. The quantitative estimate of drug-likeness (QED) is 0.828. The van der Waals surface area contributed by atoms with Crippen LogP contribution >= 0.6 is 0 Å². The van der Waals surface area contributed by atoms with Gasteiger partial charge in [0, 0.05) is 5.54 Å². The van der Waals surface area contributed by atoms with E-state index in [1.54, 1.807) is 0 Å². The Morgan fingerprint density at radius 3 is 2.65 bits per heavy atom. The summed E-state index contributed by atoms with van der Waals surface area (Å²) in [5, 5.41) is 2.83. The number of benzene rings is 1.